The van der Waals surface area contributed by atoms with Crippen LogP contribution in [0.3, 0.4) is 0 Å². The van der Waals surface area contributed by atoms with Gasteiger partial charge in [0.1, 0.15) is 10.8 Å². The van der Waals surface area contributed by atoms with Crippen molar-refractivity contribution in [2.45, 2.75) is 25.8 Å². The highest BCUT2D eigenvalue weighted by atomic mass is 32.1. The molecule has 0 aliphatic carbocycles. The smallest absolute Gasteiger partial charge is 0.137 e. The van der Waals surface area contributed by atoms with Crippen molar-refractivity contribution in [1.29, 1.82) is 0 Å². The number of fused-ring (bicyclic) bond motifs is 1. The molecule has 0 amide bonds. The first-order valence-electron chi connectivity index (χ1n) is 7.10. The molecule has 3 N–H and O–H groups in total. The van der Waals surface area contributed by atoms with Crippen LogP contribution in [0.2, 0.25) is 0 Å². The number of aromatic nitrogens is 1. The summed E-state index contributed by atoms with van der Waals surface area (Å²) in [6.07, 6.45) is 2.07. The van der Waals surface area contributed by atoms with Crippen LogP contribution in [0.25, 0.3) is 10.9 Å². The topological polar surface area (TPSA) is 60.2 Å². The molecule has 112 valence electrons. The average molecular weight is 303 g/mol. The summed E-state index contributed by atoms with van der Waals surface area (Å²) in [5.41, 5.74) is 7.55. The van der Waals surface area contributed by atoms with E-state index in [1.54, 1.807) is 7.11 Å². The number of hydrogen-bond donors (Lipinski definition) is 2. The number of rotatable bonds is 7. The summed E-state index contributed by atoms with van der Waals surface area (Å²) >= 11 is 5.16. The Morgan fingerprint density at radius 3 is 2.86 bits per heavy atom. The number of nitrogens with two attached hydrogens (primary N) is 1. The van der Waals surface area contributed by atoms with Crippen LogP contribution >= 0.6 is 12.2 Å². The largest absolute Gasteiger partial charge is 0.389 e. The Bertz CT molecular complexity index is 624. The van der Waals surface area contributed by atoms with E-state index in [-0.39, 0.29) is 6.04 Å². The molecule has 1 unspecified atom stereocenters. The lowest BCUT2D eigenvalue weighted by molar-refractivity contribution is 0.182. The summed E-state index contributed by atoms with van der Waals surface area (Å²) in [7, 11) is 1.70. The van der Waals surface area contributed by atoms with Crippen LogP contribution in [0.15, 0.2) is 30.3 Å². The van der Waals surface area contributed by atoms with E-state index in [2.05, 4.69) is 17.2 Å². The Balaban J connectivity index is 2.40. The Morgan fingerprint density at radius 2 is 2.19 bits per heavy atom. The van der Waals surface area contributed by atoms with Crippen molar-refractivity contribution < 1.29 is 4.74 Å². The maximum absolute atomic E-state index is 5.85. The van der Waals surface area contributed by atoms with Gasteiger partial charge in [0.2, 0.25) is 0 Å². The Labute approximate surface area is 130 Å². The summed E-state index contributed by atoms with van der Waals surface area (Å²) in [4.78, 5) is 5.02. The maximum Gasteiger partial charge on any atom is 0.137 e. The van der Waals surface area contributed by atoms with Crippen LogP contribution in [0.5, 0.6) is 0 Å². The van der Waals surface area contributed by atoms with Gasteiger partial charge in [0.25, 0.3) is 0 Å². The van der Waals surface area contributed by atoms with Gasteiger partial charge in [-0.25, -0.2) is 4.98 Å². The minimum absolute atomic E-state index is 0.196. The second kappa shape index (κ2) is 7.33. The molecule has 21 heavy (non-hydrogen) atoms. The van der Waals surface area contributed by atoms with Crippen LogP contribution in [0.4, 0.5) is 5.82 Å². The second-order valence-electron chi connectivity index (χ2n) is 5.03. The summed E-state index contributed by atoms with van der Waals surface area (Å²) < 4.78 is 5.26. The molecule has 1 aromatic heterocycles. The van der Waals surface area contributed by atoms with Crippen molar-refractivity contribution in [3.05, 3.63) is 35.9 Å². The zero-order chi connectivity index (χ0) is 15.2. The van der Waals surface area contributed by atoms with E-state index < -0.39 is 0 Å². The van der Waals surface area contributed by atoms with E-state index in [0.29, 0.717) is 11.6 Å². The quantitative estimate of drug-likeness (QED) is 0.770. The molecular weight excluding hydrogens is 282 g/mol. The standard InChI is InChI=1S/C16H21N3OS/c1-3-6-12(10-20-2)18-16-13(15(17)21)9-11-7-4-5-8-14(11)19-16/h4-5,7-9,12H,3,6,10H2,1-2H3,(H2,17,21)(H,18,19). The molecule has 1 aromatic carbocycles. The van der Waals surface area contributed by atoms with Gasteiger partial charge in [-0.2, -0.15) is 0 Å². The number of anilines is 1. The zero-order valence-electron chi connectivity index (χ0n) is 12.4. The summed E-state index contributed by atoms with van der Waals surface area (Å²) in [6.45, 7) is 2.77. The van der Waals surface area contributed by atoms with Crippen LogP contribution in [-0.4, -0.2) is 29.7 Å². The maximum atomic E-state index is 5.85. The SMILES string of the molecule is CCCC(COC)Nc1nc2ccccc2cc1C(N)=S. The minimum Gasteiger partial charge on any atom is -0.389 e. The second-order valence-corrected chi connectivity index (χ2v) is 5.47. The van der Waals surface area contributed by atoms with Crippen LogP contribution in [-0.2, 0) is 4.74 Å². The molecule has 1 heterocycles. The molecule has 0 aliphatic heterocycles. The van der Waals surface area contributed by atoms with E-state index in [9.17, 15) is 0 Å². The van der Waals surface area contributed by atoms with Crippen molar-refractivity contribution in [3.8, 4) is 0 Å². The lowest BCUT2D eigenvalue weighted by Gasteiger charge is -2.20. The molecule has 0 bridgehead atoms. The van der Waals surface area contributed by atoms with Gasteiger partial charge in [-0.15, -0.1) is 0 Å². The first kappa shape index (κ1) is 15.7. The number of nitrogens with zero attached hydrogens (tertiary/aromatic N) is 1. The van der Waals surface area contributed by atoms with Crippen molar-refractivity contribution in [3.63, 3.8) is 0 Å². The molecule has 1 atom stereocenters. The van der Waals surface area contributed by atoms with Crippen molar-refractivity contribution in [2.24, 2.45) is 5.73 Å². The van der Waals surface area contributed by atoms with E-state index in [1.165, 1.54) is 0 Å². The first-order valence-corrected chi connectivity index (χ1v) is 7.51. The third-order valence-corrected chi connectivity index (χ3v) is 3.56. The van der Waals surface area contributed by atoms with Gasteiger partial charge in [0.05, 0.1) is 23.7 Å². The number of benzene rings is 1. The number of methoxy groups -OCH3 is 1. The molecule has 2 rings (SSSR count). The summed E-state index contributed by atoms with van der Waals surface area (Å²) in [5.74, 6) is 0.733. The molecule has 0 aliphatic rings. The number of para-hydroxylation sites is 1. The molecule has 0 saturated carbocycles. The van der Waals surface area contributed by atoms with Crippen LogP contribution in [0.1, 0.15) is 25.3 Å². The Kier molecular flexibility index (Phi) is 5.47. The fourth-order valence-corrected chi connectivity index (χ4v) is 2.51. The van der Waals surface area contributed by atoms with Crippen molar-refractivity contribution in [1.82, 2.24) is 4.98 Å². The number of ether oxygens (including phenoxy) is 1. The van der Waals surface area contributed by atoms with Gasteiger partial charge in [0.15, 0.2) is 0 Å². The van der Waals surface area contributed by atoms with Crippen LogP contribution < -0.4 is 11.1 Å². The molecular formula is C16H21N3OS. The number of pyridine rings is 1. The minimum atomic E-state index is 0.196. The third kappa shape index (κ3) is 3.89. The number of nitrogens with one attached hydrogen (secondary N) is 1. The van der Waals surface area contributed by atoms with Gasteiger partial charge in [-0.3, -0.25) is 0 Å². The fraction of sp³-hybridized carbons (Fsp3) is 0.375. The zero-order valence-corrected chi connectivity index (χ0v) is 13.2. The third-order valence-electron chi connectivity index (χ3n) is 3.34. The van der Waals surface area contributed by atoms with E-state index in [4.69, 9.17) is 22.7 Å². The molecule has 2 aromatic rings. The van der Waals surface area contributed by atoms with Gasteiger partial charge in [-0.1, -0.05) is 43.8 Å². The lowest BCUT2D eigenvalue weighted by Crippen LogP contribution is -2.27. The van der Waals surface area contributed by atoms with Gasteiger partial charge in [0, 0.05) is 12.5 Å². The molecule has 0 spiro atoms. The highest BCUT2D eigenvalue weighted by molar-refractivity contribution is 7.80. The van der Waals surface area contributed by atoms with Gasteiger partial charge in [-0.05, 0) is 18.6 Å². The van der Waals surface area contributed by atoms with E-state index in [0.717, 1.165) is 35.1 Å². The predicted octanol–water partition coefficient (Wildman–Crippen LogP) is 3.10. The highest BCUT2D eigenvalue weighted by Crippen LogP contribution is 2.21. The first-order chi connectivity index (χ1) is 10.2. The summed E-state index contributed by atoms with van der Waals surface area (Å²) in [6, 6.07) is 10.1. The van der Waals surface area contributed by atoms with Crippen LogP contribution in [0, 0.1) is 0 Å². The van der Waals surface area contributed by atoms with E-state index in [1.807, 2.05) is 30.3 Å². The fourth-order valence-electron chi connectivity index (χ4n) is 2.35. The molecule has 0 radical (unpaired) electrons. The Morgan fingerprint density at radius 1 is 1.43 bits per heavy atom. The van der Waals surface area contributed by atoms with Crippen molar-refractivity contribution in [2.75, 3.05) is 19.0 Å². The summed E-state index contributed by atoms with van der Waals surface area (Å²) in [5, 5.41) is 4.45. The molecule has 0 saturated heterocycles. The predicted molar refractivity (Wildman–Crippen MR) is 91.8 cm³/mol. The lowest BCUT2D eigenvalue weighted by atomic mass is 10.1. The Hall–Kier alpha value is -1.72. The number of hydrogen-bond acceptors (Lipinski definition) is 4. The molecule has 5 heteroatoms. The average Bonchev–Trinajstić information content (AvgIpc) is 2.47. The molecule has 4 nitrogen and oxygen atoms in total. The number of thiocarbonyl (C=S) groups is 1. The monoisotopic (exact) mass is 303 g/mol. The van der Waals surface area contributed by atoms with Gasteiger partial charge < -0.3 is 15.8 Å². The van der Waals surface area contributed by atoms with E-state index >= 15 is 0 Å². The normalized spacial score (nSPS) is 12.3. The molecule has 0 fully saturated rings. The van der Waals surface area contributed by atoms with Crippen molar-refractivity contribution >= 4 is 33.9 Å². The van der Waals surface area contributed by atoms with Gasteiger partial charge >= 0.3 is 0 Å². The highest BCUT2D eigenvalue weighted by Gasteiger charge is 2.14.